The van der Waals surface area contributed by atoms with Crippen LogP contribution in [0.4, 0.5) is 0 Å². The van der Waals surface area contributed by atoms with Gasteiger partial charge in [0.15, 0.2) is 0 Å². The minimum atomic E-state index is 1.21. The van der Waals surface area contributed by atoms with E-state index in [0.29, 0.717) is 0 Å². The van der Waals surface area contributed by atoms with Gasteiger partial charge >= 0.3 is 0 Å². The quantitative estimate of drug-likeness (QED) is 0.478. The minimum Gasteiger partial charge on any atom is -0.231 e. The molecule has 0 aliphatic heterocycles. The lowest BCUT2D eigenvalue weighted by Crippen LogP contribution is -1.53. The summed E-state index contributed by atoms with van der Waals surface area (Å²) >= 11 is 5.41. The molecule has 0 aliphatic rings. The van der Waals surface area contributed by atoms with Crippen molar-refractivity contribution in [1.82, 2.24) is 37.9 Å². The monoisotopic (exact) mass is 344 g/mol. The van der Waals surface area contributed by atoms with Gasteiger partial charge in [0.25, 0.3) is 0 Å². The molecule has 0 saturated carbocycles. The highest BCUT2D eigenvalue weighted by Gasteiger charge is 1.62. The third-order valence-electron chi connectivity index (χ3n) is 1.13. The molecule has 0 radical (unpaired) electrons. The summed E-state index contributed by atoms with van der Waals surface area (Å²) in [7, 11) is 0. The van der Waals surface area contributed by atoms with Gasteiger partial charge in [0, 0.05) is 5.38 Å². The van der Waals surface area contributed by atoms with Crippen molar-refractivity contribution in [2.24, 2.45) is 0 Å². The maximum Gasteiger partial charge on any atom is 0.129 e. The zero-order valence-corrected chi connectivity index (χ0v) is 13.1. The van der Waals surface area contributed by atoms with Gasteiger partial charge in [0.1, 0.15) is 22.9 Å². The van der Waals surface area contributed by atoms with Crippen LogP contribution in [0.2, 0.25) is 0 Å². The SMILES string of the molecule is c1cnsn1.c1csnn1.c1ncsn1.c1nncs1. The predicted molar refractivity (Wildman–Crippen MR) is 79.6 cm³/mol. The van der Waals surface area contributed by atoms with Crippen LogP contribution in [0.15, 0.2) is 46.8 Å². The highest BCUT2D eigenvalue weighted by molar-refractivity contribution is 7.07. The van der Waals surface area contributed by atoms with E-state index in [-0.39, 0.29) is 0 Å². The van der Waals surface area contributed by atoms with Crippen LogP contribution < -0.4 is 0 Å². The molecule has 0 saturated heterocycles. The summed E-state index contributed by atoms with van der Waals surface area (Å²) < 4.78 is 14.5. The largest absolute Gasteiger partial charge is 0.231 e. The van der Waals surface area contributed by atoms with Gasteiger partial charge in [-0.3, -0.25) is 0 Å². The maximum atomic E-state index is 3.65. The molecule has 4 heterocycles. The zero-order chi connectivity index (χ0) is 14.1. The van der Waals surface area contributed by atoms with E-state index >= 15 is 0 Å². The first-order chi connectivity index (χ1) is 10.0. The Morgan fingerprint density at radius 2 is 1.50 bits per heavy atom. The molecule has 0 N–H and O–H groups in total. The average molecular weight is 344 g/mol. The first-order valence-electron chi connectivity index (χ1n) is 4.81. The molecular weight excluding hydrogens is 336 g/mol. The maximum absolute atomic E-state index is 3.65. The Hall–Kier alpha value is -1.76. The third-order valence-corrected chi connectivity index (χ3v) is 2.86. The standard InChI is InChI=1S/4C2H2N2S/c1-3-4-2-5-1;1-3-2-5-4-1;1-2-5-4-3-1;1-2-4-5-3-1/h4*1-2H. The van der Waals surface area contributed by atoms with Crippen LogP contribution in [0, 0.1) is 0 Å². The summed E-state index contributed by atoms with van der Waals surface area (Å²) in [5.74, 6) is 0. The lowest BCUT2D eigenvalue weighted by Gasteiger charge is -1.41. The van der Waals surface area contributed by atoms with Crippen LogP contribution in [0.1, 0.15) is 0 Å². The van der Waals surface area contributed by atoms with E-state index in [1.807, 2.05) is 5.38 Å². The van der Waals surface area contributed by atoms with Gasteiger partial charge in [0.05, 0.1) is 30.3 Å². The number of hydrogen-bond donors (Lipinski definition) is 0. The van der Waals surface area contributed by atoms with E-state index in [9.17, 15) is 0 Å². The second-order valence-corrected chi connectivity index (χ2v) is 4.89. The van der Waals surface area contributed by atoms with Gasteiger partial charge in [-0.25, -0.2) is 4.98 Å². The van der Waals surface area contributed by atoms with Gasteiger partial charge in [-0.05, 0) is 23.1 Å². The first-order valence-corrected chi connectivity index (χ1v) is 8.15. The van der Waals surface area contributed by atoms with Crippen molar-refractivity contribution < 1.29 is 0 Å². The van der Waals surface area contributed by atoms with Crippen molar-refractivity contribution in [3.63, 3.8) is 0 Å². The van der Waals surface area contributed by atoms with Crippen molar-refractivity contribution in [3.8, 4) is 0 Å². The Morgan fingerprint density at radius 1 is 0.700 bits per heavy atom. The Bertz CT molecular complexity index is 361. The Kier molecular flexibility index (Phi) is 11.1. The van der Waals surface area contributed by atoms with E-state index in [0.717, 1.165) is 0 Å². The Labute approximate surface area is 130 Å². The smallest absolute Gasteiger partial charge is 0.129 e. The van der Waals surface area contributed by atoms with Gasteiger partial charge in [-0.1, -0.05) is 4.49 Å². The van der Waals surface area contributed by atoms with Gasteiger partial charge in [-0.2, -0.15) is 13.1 Å². The number of rotatable bonds is 0. The van der Waals surface area contributed by atoms with Crippen molar-refractivity contribution in [1.29, 1.82) is 0 Å². The molecule has 4 rings (SSSR count). The lowest BCUT2D eigenvalue weighted by molar-refractivity contribution is 1.09. The van der Waals surface area contributed by atoms with Crippen LogP contribution in [-0.2, 0) is 0 Å². The van der Waals surface area contributed by atoms with E-state index in [1.165, 1.54) is 52.5 Å². The molecule has 0 aliphatic carbocycles. The molecule has 0 unspecified atom stereocenters. The summed E-state index contributed by atoms with van der Waals surface area (Å²) in [6, 6.07) is 0. The molecule has 104 valence electrons. The molecule has 0 aromatic carbocycles. The van der Waals surface area contributed by atoms with Crippen LogP contribution in [0.5, 0.6) is 0 Å². The molecule has 0 spiro atoms. The first kappa shape index (κ1) is 16.3. The number of hydrogen-bond acceptors (Lipinski definition) is 12. The summed E-state index contributed by atoms with van der Waals surface area (Å²) in [5.41, 5.74) is 5.04. The second kappa shape index (κ2) is 13.7. The Balaban J connectivity index is 0.000000133. The van der Waals surface area contributed by atoms with Crippen LogP contribution in [0.3, 0.4) is 0 Å². The molecule has 20 heavy (non-hydrogen) atoms. The highest BCUT2D eigenvalue weighted by atomic mass is 32.1. The second-order valence-electron chi connectivity index (χ2n) is 2.34. The molecule has 12 heteroatoms. The third kappa shape index (κ3) is 11.3. The highest BCUT2D eigenvalue weighted by Crippen LogP contribution is 1.80. The normalized spacial score (nSPS) is 8.00. The number of aromatic nitrogens is 8. The predicted octanol–water partition coefficient (Wildman–Crippen LogP) is 2.15. The summed E-state index contributed by atoms with van der Waals surface area (Å²) in [5, 5.41) is 12.3. The van der Waals surface area contributed by atoms with E-state index in [2.05, 4.69) is 37.9 Å². The molecule has 4 aromatic heterocycles. The summed E-state index contributed by atoms with van der Waals surface area (Å²) in [6.07, 6.45) is 6.49. The average Bonchev–Trinajstić information content (AvgIpc) is 3.40. The van der Waals surface area contributed by atoms with Crippen LogP contribution in [-0.4, -0.2) is 37.9 Å². The fourth-order valence-electron chi connectivity index (χ4n) is 0.544. The van der Waals surface area contributed by atoms with Gasteiger partial charge < -0.3 is 0 Å². The molecule has 0 amide bonds. The summed E-state index contributed by atoms with van der Waals surface area (Å²) in [6.45, 7) is 0. The number of nitrogens with zero attached hydrogens (tertiary/aromatic N) is 8. The van der Waals surface area contributed by atoms with Crippen LogP contribution in [0.25, 0.3) is 0 Å². The molecule has 0 atom stereocenters. The molecule has 0 bridgehead atoms. The fourth-order valence-corrected chi connectivity index (χ4v) is 1.63. The van der Waals surface area contributed by atoms with E-state index in [4.69, 9.17) is 0 Å². The fraction of sp³-hybridized carbons (Fsp3) is 0. The van der Waals surface area contributed by atoms with Gasteiger partial charge in [-0.15, -0.1) is 26.6 Å². The van der Waals surface area contributed by atoms with Crippen LogP contribution >= 0.6 is 46.1 Å². The minimum absolute atomic E-state index is 1.21. The van der Waals surface area contributed by atoms with Gasteiger partial charge in [0.2, 0.25) is 0 Å². The molecule has 0 fully saturated rings. The topological polar surface area (TPSA) is 103 Å². The van der Waals surface area contributed by atoms with Crippen molar-refractivity contribution in [2.75, 3.05) is 0 Å². The van der Waals surface area contributed by atoms with E-state index in [1.54, 1.807) is 35.1 Å². The molecule has 4 aromatic rings. The Morgan fingerprint density at radius 3 is 1.70 bits per heavy atom. The summed E-state index contributed by atoms with van der Waals surface area (Å²) in [4.78, 5) is 3.63. The van der Waals surface area contributed by atoms with E-state index < -0.39 is 0 Å². The lowest BCUT2D eigenvalue weighted by atomic mass is 11.0. The molecule has 8 nitrogen and oxygen atoms in total. The van der Waals surface area contributed by atoms with Crippen molar-refractivity contribution in [3.05, 3.63) is 46.8 Å². The molecular formula is C8H8N8S4. The zero-order valence-electron chi connectivity index (χ0n) is 9.83. The van der Waals surface area contributed by atoms with Crippen molar-refractivity contribution >= 4 is 46.1 Å². The van der Waals surface area contributed by atoms with Crippen molar-refractivity contribution in [2.45, 2.75) is 0 Å².